The lowest BCUT2D eigenvalue weighted by Gasteiger charge is -2.37. The van der Waals surface area contributed by atoms with Crippen molar-refractivity contribution < 1.29 is 4.79 Å². The average Bonchev–Trinajstić information content (AvgIpc) is 3.33. The normalized spacial score (nSPS) is 21.5. The smallest absolute Gasteiger partial charge is 0.179 e. The van der Waals surface area contributed by atoms with Crippen LogP contribution in [0.5, 0.6) is 0 Å². The summed E-state index contributed by atoms with van der Waals surface area (Å²) < 4.78 is 0. The molecule has 3 aliphatic rings. The van der Waals surface area contributed by atoms with E-state index in [1.54, 1.807) is 0 Å². The molecule has 0 aromatic heterocycles. The van der Waals surface area contributed by atoms with Crippen LogP contribution in [-0.4, -0.2) is 42.8 Å². The van der Waals surface area contributed by atoms with Gasteiger partial charge in [-0.1, -0.05) is 12.1 Å². The van der Waals surface area contributed by atoms with Gasteiger partial charge in [0.15, 0.2) is 5.78 Å². The molecule has 0 atom stereocenters. The number of nitriles is 1. The predicted octanol–water partition coefficient (Wildman–Crippen LogP) is 2.98. The number of carbonyl (C=O) groups excluding carboxylic acids is 1. The summed E-state index contributed by atoms with van der Waals surface area (Å²) in [6.45, 7) is 2.79. The molecule has 1 spiro atoms. The molecule has 1 saturated carbocycles. The van der Waals surface area contributed by atoms with Gasteiger partial charge in [0.25, 0.3) is 0 Å². The van der Waals surface area contributed by atoms with Gasteiger partial charge >= 0.3 is 0 Å². The van der Waals surface area contributed by atoms with Gasteiger partial charge in [-0.2, -0.15) is 5.26 Å². The molecule has 1 aromatic rings. The van der Waals surface area contributed by atoms with Gasteiger partial charge in [-0.15, -0.1) is 0 Å². The first kappa shape index (κ1) is 16.4. The van der Waals surface area contributed by atoms with Crippen LogP contribution in [0.3, 0.4) is 0 Å². The van der Waals surface area contributed by atoms with Crippen molar-refractivity contribution >= 4 is 11.5 Å². The molecule has 0 unspecified atom stereocenters. The zero-order valence-electron chi connectivity index (χ0n) is 15.1. The van der Waals surface area contributed by atoms with Crippen molar-refractivity contribution in [3.05, 3.63) is 40.5 Å². The standard InChI is InChI=1S/C21H25N3O/c1-23(2)14-15-3-4-16-12-19(25)18(13-22)20(17(16)11-15)24-9-7-21(5-6-21)8-10-24/h3-4,11H,5-10,12,14H2,1-2H3. The van der Waals surface area contributed by atoms with E-state index in [1.165, 1.54) is 31.2 Å². The summed E-state index contributed by atoms with van der Waals surface area (Å²) in [4.78, 5) is 17.0. The molecule has 130 valence electrons. The van der Waals surface area contributed by atoms with Gasteiger partial charge in [-0.05, 0) is 62.4 Å². The topological polar surface area (TPSA) is 47.3 Å². The molecule has 4 nitrogen and oxygen atoms in total. The van der Waals surface area contributed by atoms with Crippen molar-refractivity contribution in [2.24, 2.45) is 5.41 Å². The van der Waals surface area contributed by atoms with E-state index in [1.807, 2.05) is 0 Å². The third-order valence-corrected chi connectivity index (χ3v) is 6.00. The minimum atomic E-state index is -0.0305. The SMILES string of the molecule is CN(C)Cc1ccc2c(c1)C(N1CCC3(CC1)CC3)=C(C#N)C(=O)C2. The van der Waals surface area contributed by atoms with Crippen LogP contribution in [-0.2, 0) is 17.8 Å². The Balaban J connectivity index is 1.74. The number of rotatable bonds is 3. The maximum absolute atomic E-state index is 12.5. The largest absolute Gasteiger partial charge is 0.370 e. The number of hydrogen-bond acceptors (Lipinski definition) is 4. The van der Waals surface area contributed by atoms with Crippen LogP contribution in [0.1, 0.15) is 42.4 Å². The number of hydrogen-bond donors (Lipinski definition) is 0. The van der Waals surface area contributed by atoms with Crippen molar-refractivity contribution in [2.75, 3.05) is 27.2 Å². The molecule has 1 heterocycles. The lowest BCUT2D eigenvalue weighted by atomic mass is 9.85. The Morgan fingerprint density at radius 2 is 1.92 bits per heavy atom. The number of likely N-dealkylation sites (tertiary alicyclic amines) is 1. The van der Waals surface area contributed by atoms with Crippen molar-refractivity contribution in [1.29, 1.82) is 5.26 Å². The highest BCUT2D eigenvalue weighted by atomic mass is 16.1. The number of allylic oxidation sites excluding steroid dienone is 1. The summed E-state index contributed by atoms with van der Waals surface area (Å²) in [6.07, 6.45) is 5.44. The molecule has 0 radical (unpaired) electrons. The number of nitrogens with zero attached hydrogens (tertiary/aromatic N) is 3. The first-order valence-corrected chi connectivity index (χ1v) is 9.21. The van der Waals surface area contributed by atoms with Gasteiger partial charge in [0.2, 0.25) is 0 Å². The minimum absolute atomic E-state index is 0.0305. The Kier molecular flexibility index (Phi) is 3.92. The first-order valence-electron chi connectivity index (χ1n) is 9.21. The van der Waals surface area contributed by atoms with E-state index in [2.05, 4.69) is 48.2 Å². The molecule has 1 aliphatic heterocycles. The van der Waals surface area contributed by atoms with Crippen LogP contribution in [0, 0.1) is 16.7 Å². The summed E-state index contributed by atoms with van der Waals surface area (Å²) in [6, 6.07) is 8.59. The summed E-state index contributed by atoms with van der Waals surface area (Å²) in [5.74, 6) is -0.0305. The summed E-state index contributed by atoms with van der Waals surface area (Å²) in [5, 5.41) is 9.65. The quantitative estimate of drug-likeness (QED) is 0.852. The van der Waals surface area contributed by atoms with Crippen LogP contribution in [0.25, 0.3) is 5.70 Å². The molecule has 4 heteroatoms. The average molecular weight is 335 g/mol. The monoisotopic (exact) mass is 335 g/mol. The highest BCUT2D eigenvalue weighted by molar-refractivity contribution is 6.09. The molecule has 2 fully saturated rings. The fourth-order valence-electron chi connectivity index (χ4n) is 4.32. The fourth-order valence-corrected chi connectivity index (χ4v) is 4.32. The molecule has 4 rings (SSSR count). The Morgan fingerprint density at radius 1 is 1.20 bits per heavy atom. The van der Waals surface area contributed by atoms with E-state index in [9.17, 15) is 10.1 Å². The predicted molar refractivity (Wildman–Crippen MR) is 97.6 cm³/mol. The van der Waals surface area contributed by atoms with Gasteiger partial charge in [0.05, 0.1) is 5.70 Å². The molecular formula is C21H25N3O. The second kappa shape index (κ2) is 6.00. The summed E-state index contributed by atoms with van der Waals surface area (Å²) in [5.41, 5.74) is 5.23. The Bertz CT molecular complexity index is 786. The Labute approximate surface area is 149 Å². The summed E-state index contributed by atoms with van der Waals surface area (Å²) >= 11 is 0. The molecule has 0 N–H and O–H groups in total. The first-order chi connectivity index (χ1) is 12.0. The minimum Gasteiger partial charge on any atom is -0.370 e. The van der Waals surface area contributed by atoms with Crippen LogP contribution < -0.4 is 0 Å². The van der Waals surface area contributed by atoms with Crippen LogP contribution in [0.4, 0.5) is 0 Å². The third-order valence-electron chi connectivity index (χ3n) is 6.00. The number of benzene rings is 1. The second-order valence-corrected chi connectivity index (χ2v) is 8.15. The summed E-state index contributed by atoms with van der Waals surface area (Å²) in [7, 11) is 4.11. The Morgan fingerprint density at radius 3 is 2.52 bits per heavy atom. The maximum atomic E-state index is 12.5. The second-order valence-electron chi connectivity index (χ2n) is 8.15. The third kappa shape index (κ3) is 2.98. The van der Waals surface area contributed by atoms with E-state index in [4.69, 9.17) is 0 Å². The van der Waals surface area contributed by atoms with Gasteiger partial charge in [-0.3, -0.25) is 4.79 Å². The van der Waals surface area contributed by atoms with E-state index in [0.29, 0.717) is 17.4 Å². The number of carbonyl (C=O) groups is 1. The van der Waals surface area contributed by atoms with E-state index >= 15 is 0 Å². The van der Waals surface area contributed by atoms with E-state index < -0.39 is 0 Å². The van der Waals surface area contributed by atoms with E-state index in [0.717, 1.165) is 36.5 Å². The molecule has 0 bridgehead atoms. The van der Waals surface area contributed by atoms with Crippen LogP contribution in [0.2, 0.25) is 0 Å². The molecule has 1 aromatic carbocycles. The molecule has 1 saturated heterocycles. The molecule has 2 aliphatic carbocycles. The van der Waals surface area contributed by atoms with Gasteiger partial charge < -0.3 is 9.80 Å². The van der Waals surface area contributed by atoms with Crippen molar-refractivity contribution in [3.8, 4) is 6.07 Å². The highest BCUT2D eigenvalue weighted by Gasteiger charge is 2.45. The van der Waals surface area contributed by atoms with Crippen molar-refractivity contribution in [2.45, 2.75) is 38.6 Å². The zero-order valence-corrected chi connectivity index (χ0v) is 15.1. The number of ketones is 1. The molecule has 25 heavy (non-hydrogen) atoms. The molecular weight excluding hydrogens is 310 g/mol. The fraction of sp³-hybridized carbons (Fsp3) is 0.524. The molecule has 0 amide bonds. The van der Waals surface area contributed by atoms with Gasteiger partial charge in [0.1, 0.15) is 11.6 Å². The highest BCUT2D eigenvalue weighted by Crippen LogP contribution is 2.54. The Hall–Kier alpha value is -2.12. The van der Waals surface area contributed by atoms with Gasteiger partial charge in [-0.25, -0.2) is 0 Å². The van der Waals surface area contributed by atoms with E-state index in [-0.39, 0.29) is 5.78 Å². The lowest BCUT2D eigenvalue weighted by molar-refractivity contribution is -0.114. The van der Waals surface area contributed by atoms with Gasteiger partial charge in [0, 0.05) is 31.6 Å². The number of fused-ring (bicyclic) bond motifs is 1. The lowest BCUT2D eigenvalue weighted by Crippen LogP contribution is -2.36. The van der Waals surface area contributed by atoms with Crippen LogP contribution >= 0.6 is 0 Å². The number of Topliss-reactive ketones (excluding diaryl/α,β-unsaturated/α-hetero) is 1. The van der Waals surface area contributed by atoms with Crippen molar-refractivity contribution in [1.82, 2.24) is 9.80 Å². The maximum Gasteiger partial charge on any atom is 0.179 e. The zero-order chi connectivity index (χ0) is 17.6. The van der Waals surface area contributed by atoms with Crippen molar-refractivity contribution in [3.63, 3.8) is 0 Å². The van der Waals surface area contributed by atoms with Crippen LogP contribution in [0.15, 0.2) is 23.8 Å². The number of piperidine rings is 1.